The van der Waals surface area contributed by atoms with Crippen molar-refractivity contribution in [1.29, 1.82) is 0 Å². The number of hydrogen-bond acceptors (Lipinski definition) is 5. The van der Waals surface area contributed by atoms with Gasteiger partial charge in [0.15, 0.2) is 6.10 Å². The third-order valence-corrected chi connectivity index (χ3v) is 3.92. The van der Waals surface area contributed by atoms with Gasteiger partial charge in [-0.1, -0.05) is 12.1 Å². The molecule has 1 aliphatic heterocycles. The summed E-state index contributed by atoms with van der Waals surface area (Å²) in [5.74, 6) is -0.258. The van der Waals surface area contributed by atoms with Crippen molar-refractivity contribution in [2.24, 2.45) is 5.73 Å². The normalized spacial score (nSPS) is 16.3. The van der Waals surface area contributed by atoms with Crippen LogP contribution in [-0.4, -0.2) is 24.5 Å². The van der Waals surface area contributed by atoms with Crippen LogP contribution in [0.2, 0.25) is 0 Å². The molecular weight excluding hydrogens is 290 g/mol. The van der Waals surface area contributed by atoms with Crippen LogP contribution in [0.4, 0.5) is 10.7 Å². The summed E-state index contributed by atoms with van der Waals surface area (Å²) in [5.41, 5.74) is 6.41. The molecule has 108 valence electrons. The first-order chi connectivity index (χ1) is 10.1. The van der Waals surface area contributed by atoms with Gasteiger partial charge in [-0.25, -0.2) is 0 Å². The monoisotopic (exact) mass is 303 g/mol. The summed E-state index contributed by atoms with van der Waals surface area (Å²) in [5, 5.41) is 7.96. The highest BCUT2D eigenvalue weighted by Gasteiger charge is 2.26. The largest absolute Gasteiger partial charge is 0.477 e. The molecule has 0 aliphatic carbocycles. The van der Waals surface area contributed by atoms with Gasteiger partial charge >= 0.3 is 0 Å². The van der Waals surface area contributed by atoms with Crippen molar-refractivity contribution in [3.05, 3.63) is 41.3 Å². The number of anilines is 2. The predicted molar refractivity (Wildman–Crippen MR) is 80.8 cm³/mol. The first kappa shape index (κ1) is 13.4. The Morgan fingerprint density at radius 2 is 2.14 bits per heavy atom. The van der Waals surface area contributed by atoms with Crippen LogP contribution in [-0.2, 0) is 4.79 Å². The lowest BCUT2D eigenvalue weighted by atomic mass is 10.2. The second-order valence-electron chi connectivity index (χ2n) is 4.50. The first-order valence-corrected chi connectivity index (χ1v) is 7.21. The van der Waals surface area contributed by atoms with Crippen LogP contribution < -0.4 is 21.1 Å². The van der Waals surface area contributed by atoms with E-state index in [2.05, 4.69) is 10.6 Å². The van der Waals surface area contributed by atoms with E-state index in [1.807, 2.05) is 18.2 Å². The number of hydrogen-bond donors (Lipinski definition) is 3. The molecule has 2 aromatic rings. The number of nitrogens with two attached hydrogens (primary N) is 1. The molecule has 6 nitrogen and oxygen atoms in total. The Bertz CT molecular complexity index is 698. The minimum Gasteiger partial charge on any atom is -0.477 e. The number of carbonyl (C=O) groups is 2. The van der Waals surface area contributed by atoms with Gasteiger partial charge in [0.2, 0.25) is 0 Å². The molecule has 0 spiro atoms. The van der Waals surface area contributed by atoms with E-state index in [-0.39, 0.29) is 5.91 Å². The fourth-order valence-electron chi connectivity index (χ4n) is 2.05. The van der Waals surface area contributed by atoms with Gasteiger partial charge in [0.25, 0.3) is 11.8 Å². The van der Waals surface area contributed by atoms with Crippen molar-refractivity contribution in [2.75, 3.05) is 17.2 Å². The maximum absolute atomic E-state index is 12.2. The lowest BCUT2D eigenvalue weighted by Gasteiger charge is -2.26. The summed E-state index contributed by atoms with van der Waals surface area (Å²) < 4.78 is 5.66. The molecule has 1 aliphatic rings. The predicted octanol–water partition coefficient (Wildman–Crippen LogP) is 1.66. The van der Waals surface area contributed by atoms with Crippen LogP contribution >= 0.6 is 11.3 Å². The molecule has 4 N–H and O–H groups in total. The molecule has 7 heteroatoms. The van der Waals surface area contributed by atoms with Crippen LogP contribution in [0.5, 0.6) is 5.75 Å². The number of nitrogens with one attached hydrogen (secondary N) is 2. The van der Waals surface area contributed by atoms with Crippen molar-refractivity contribution in [1.82, 2.24) is 0 Å². The highest BCUT2D eigenvalue weighted by Crippen LogP contribution is 2.29. The molecule has 2 amide bonds. The number of carbonyl (C=O) groups excluding carboxylic acids is 2. The molecule has 0 saturated carbocycles. The molecule has 3 rings (SSSR count). The molecule has 0 saturated heterocycles. The van der Waals surface area contributed by atoms with Gasteiger partial charge in [0, 0.05) is 0 Å². The lowest BCUT2D eigenvalue weighted by molar-refractivity contribution is -0.122. The molecule has 1 atom stereocenters. The Kier molecular flexibility index (Phi) is 3.49. The van der Waals surface area contributed by atoms with Crippen LogP contribution in [0.25, 0.3) is 0 Å². The van der Waals surface area contributed by atoms with Crippen LogP contribution in [0.1, 0.15) is 10.4 Å². The molecule has 2 heterocycles. The second kappa shape index (κ2) is 5.45. The number of fused-ring (bicyclic) bond motifs is 1. The molecule has 0 fully saturated rings. The number of rotatable bonds is 3. The highest BCUT2D eigenvalue weighted by molar-refractivity contribution is 7.14. The van der Waals surface area contributed by atoms with E-state index in [1.54, 1.807) is 17.5 Å². The molecule has 21 heavy (non-hydrogen) atoms. The molecular formula is C14H13N3O3S. The Morgan fingerprint density at radius 1 is 1.33 bits per heavy atom. The first-order valence-electron chi connectivity index (χ1n) is 6.33. The molecule has 0 radical (unpaired) electrons. The SMILES string of the molecule is NC(=O)c1ccsc1NC(=O)C1CNc2ccccc2O1. The van der Waals surface area contributed by atoms with Crippen molar-refractivity contribution in [3.63, 3.8) is 0 Å². The maximum Gasteiger partial charge on any atom is 0.267 e. The standard InChI is InChI=1S/C14H13N3O3S/c15-12(18)8-5-6-21-14(8)17-13(19)11-7-16-9-3-1-2-4-10(9)20-11/h1-6,11,16H,7H2,(H2,15,18)(H,17,19). The van der Waals surface area contributed by atoms with Gasteiger partial charge in [-0.05, 0) is 23.6 Å². The average molecular weight is 303 g/mol. The Morgan fingerprint density at radius 3 is 2.95 bits per heavy atom. The van der Waals surface area contributed by atoms with E-state index in [0.29, 0.717) is 22.9 Å². The van der Waals surface area contributed by atoms with E-state index in [1.165, 1.54) is 11.3 Å². The van der Waals surface area contributed by atoms with E-state index in [4.69, 9.17) is 10.5 Å². The van der Waals surface area contributed by atoms with E-state index >= 15 is 0 Å². The summed E-state index contributed by atoms with van der Waals surface area (Å²) in [7, 11) is 0. The van der Waals surface area contributed by atoms with Crippen molar-refractivity contribution in [3.8, 4) is 5.75 Å². The van der Waals surface area contributed by atoms with Crippen molar-refractivity contribution in [2.45, 2.75) is 6.10 Å². The zero-order valence-corrected chi connectivity index (χ0v) is 11.8. The zero-order chi connectivity index (χ0) is 14.8. The van der Waals surface area contributed by atoms with Gasteiger partial charge in [-0.15, -0.1) is 11.3 Å². The summed E-state index contributed by atoms with van der Waals surface area (Å²) in [4.78, 5) is 23.5. The number of benzene rings is 1. The molecule has 1 aromatic heterocycles. The fraction of sp³-hybridized carbons (Fsp3) is 0.143. The van der Waals surface area contributed by atoms with Gasteiger partial charge < -0.3 is 21.1 Å². The minimum atomic E-state index is -0.664. The van der Waals surface area contributed by atoms with Gasteiger partial charge in [0.05, 0.1) is 17.8 Å². The topological polar surface area (TPSA) is 93.5 Å². The average Bonchev–Trinajstić information content (AvgIpc) is 2.95. The third-order valence-electron chi connectivity index (χ3n) is 3.09. The van der Waals surface area contributed by atoms with E-state index < -0.39 is 12.0 Å². The zero-order valence-electron chi connectivity index (χ0n) is 11.0. The number of para-hydroxylation sites is 2. The fourth-order valence-corrected chi connectivity index (χ4v) is 2.85. The van der Waals surface area contributed by atoms with Crippen LogP contribution in [0.3, 0.4) is 0 Å². The van der Waals surface area contributed by atoms with Crippen molar-refractivity contribution >= 4 is 33.8 Å². The molecule has 1 unspecified atom stereocenters. The lowest BCUT2D eigenvalue weighted by Crippen LogP contribution is -2.41. The number of ether oxygens (including phenoxy) is 1. The van der Waals surface area contributed by atoms with Gasteiger partial charge in [0.1, 0.15) is 10.8 Å². The Labute approximate surface area is 124 Å². The smallest absolute Gasteiger partial charge is 0.267 e. The van der Waals surface area contributed by atoms with E-state index in [0.717, 1.165) is 5.69 Å². The minimum absolute atomic E-state index is 0.303. The summed E-state index contributed by atoms with van der Waals surface area (Å²) >= 11 is 1.25. The number of amides is 2. The number of thiophene rings is 1. The molecule has 0 bridgehead atoms. The Hall–Kier alpha value is -2.54. The van der Waals surface area contributed by atoms with Gasteiger partial charge in [-0.2, -0.15) is 0 Å². The van der Waals surface area contributed by atoms with Crippen LogP contribution in [0.15, 0.2) is 35.7 Å². The van der Waals surface area contributed by atoms with Crippen LogP contribution in [0, 0.1) is 0 Å². The quantitative estimate of drug-likeness (QED) is 0.804. The Balaban J connectivity index is 1.72. The second-order valence-corrected chi connectivity index (χ2v) is 5.42. The molecule has 1 aromatic carbocycles. The van der Waals surface area contributed by atoms with Gasteiger partial charge in [-0.3, -0.25) is 9.59 Å². The highest BCUT2D eigenvalue weighted by atomic mass is 32.1. The van der Waals surface area contributed by atoms with Crippen molar-refractivity contribution < 1.29 is 14.3 Å². The summed E-state index contributed by atoms with van der Waals surface area (Å²) in [6, 6.07) is 8.99. The summed E-state index contributed by atoms with van der Waals surface area (Å²) in [6.45, 7) is 0.361. The summed E-state index contributed by atoms with van der Waals surface area (Å²) in [6.07, 6.45) is -0.664. The number of primary amides is 1. The third kappa shape index (κ3) is 2.68. The van der Waals surface area contributed by atoms with E-state index in [9.17, 15) is 9.59 Å². The maximum atomic E-state index is 12.2.